The summed E-state index contributed by atoms with van der Waals surface area (Å²) in [5, 5.41) is 23.0. The van der Waals surface area contributed by atoms with E-state index in [4.69, 9.17) is 31.5 Å². The largest absolute Gasteiger partial charge is 0.284 e. The molecule has 464 valence electrons. The molecule has 0 aliphatic heterocycles. The fourth-order valence-electron chi connectivity index (χ4n) is 11.6. The molecule has 1 aliphatic carbocycles. The summed E-state index contributed by atoms with van der Waals surface area (Å²) in [6.07, 6.45) is 10.1. The maximum absolute atomic E-state index is 11.8. The van der Waals surface area contributed by atoms with Gasteiger partial charge in [0.15, 0.2) is 23.3 Å². The van der Waals surface area contributed by atoms with E-state index >= 15 is 0 Å². The van der Waals surface area contributed by atoms with Crippen LogP contribution in [0.4, 0.5) is 11.4 Å². The van der Waals surface area contributed by atoms with Crippen LogP contribution in [0, 0.1) is 20.2 Å². The summed E-state index contributed by atoms with van der Waals surface area (Å²) in [6, 6.07) is 92.6. The minimum atomic E-state index is -0.379. The first-order valence-electron chi connectivity index (χ1n) is 31.0. The Morgan fingerprint density at radius 2 is 0.711 bits per heavy atom. The van der Waals surface area contributed by atoms with E-state index in [1.165, 1.54) is 12.1 Å². The molecule has 0 N–H and O–H groups in total. The Hall–Kier alpha value is -13.1. The Labute approximate surface area is 562 Å². The quantitative estimate of drug-likeness (QED) is 0.0784. The van der Waals surface area contributed by atoms with Crippen LogP contribution in [0.2, 0.25) is 5.28 Å². The molecule has 5 heterocycles. The molecule has 16 rings (SSSR count). The monoisotopic (exact) mass is 1280 g/mol. The van der Waals surface area contributed by atoms with Crippen LogP contribution in [0.25, 0.3) is 135 Å². The van der Waals surface area contributed by atoms with E-state index in [-0.39, 0.29) is 26.5 Å². The first-order chi connectivity index (χ1) is 47.6. The minimum Gasteiger partial charge on any atom is -0.284 e. The standard InChI is InChI=1S/C40H26N6O2.C27H18ClN3.C14H10N2O2/c47-46(48)36-20-8-7-19-34(36)33-25-37-35(41-26-33)21-22-45(37)40-43-38(31-17-9-15-29(23-31)27-11-3-1-4-12-27)42-39(44-40)32-18-10-16-30(24-32)28-13-5-2-6-14-28;28-27-30-25(23-15-7-13-21(17-23)19-9-3-1-4-10-19)29-26(31-27)24-16-8-14-22(18-24)20-11-5-2-6-12-20;17-16(18)14-7-2-1-5-12(14)11-8-10-4-3-6-13(10)15-9-11/h1-26H;1-18H;1-3,5-9H,4H2. The molecule has 16 heteroatoms. The summed E-state index contributed by atoms with van der Waals surface area (Å²) in [5.74, 6) is 2.54. The van der Waals surface area contributed by atoms with E-state index in [9.17, 15) is 20.2 Å². The van der Waals surface area contributed by atoms with Crippen molar-refractivity contribution in [2.24, 2.45) is 0 Å². The van der Waals surface area contributed by atoms with E-state index in [1.807, 2.05) is 162 Å². The van der Waals surface area contributed by atoms with Crippen molar-refractivity contribution in [3.8, 4) is 118 Å². The Bertz CT molecular complexity index is 5220. The van der Waals surface area contributed by atoms with Gasteiger partial charge in [-0.05, 0) is 129 Å². The van der Waals surface area contributed by atoms with E-state index in [2.05, 4.69) is 117 Å². The van der Waals surface area contributed by atoms with Crippen molar-refractivity contribution in [1.82, 2.24) is 44.4 Å². The number of aromatic nitrogens is 9. The Balaban J connectivity index is 0.000000140. The van der Waals surface area contributed by atoms with Gasteiger partial charge in [-0.25, -0.2) is 9.97 Å². The van der Waals surface area contributed by atoms with Gasteiger partial charge in [-0.2, -0.15) is 19.9 Å². The number of nitrogens with zero attached hydrogens (tertiary/aromatic N) is 11. The molecule has 97 heavy (non-hydrogen) atoms. The van der Waals surface area contributed by atoms with Crippen molar-refractivity contribution in [1.29, 1.82) is 0 Å². The van der Waals surface area contributed by atoms with Crippen LogP contribution < -0.4 is 0 Å². The smallest absolute Gasteiger partial charge is 0.277 e. The molecular weight excluding hydrogens is 1230 g/mol. The molecule has 0 radical (unpaired) electrons. The highest BCUT2D eigenvalue weighted by atomic mass is 35.5. The number of pyridine rings is 2. The van der Waals surface area contributed by atoms with Crippen molar-refractivity contribution in [3.63, 3.8) is 0 Å². The number of halogens is 1. The van der Waals surface area contributed by atoms with Gasteiger partial charge in [0.2, 0.25) is 11.2 Å². The first-order valence-corrected chi connectivity index (χ1v) is 31.4. The van der Waals surface area contributed by atoms with E-state index in [1.54, 1.807) is 48.8 Å². The van der Waals surface area contributed by atoms with Gasteiger partial charge in [-0.3, -0.25) is 34.8 Å². The fraction of sp³-hybridized carbons (Fsp3) is 0.0123. The first kappa shape index (κ1) is 61.4. The summed E-state index contributed by atoms with van der Waals surface area (Å²) < 4.78 is 1.86. The third-order valence-corrected chi connectivity index (χ3v) is 16.5. The normalized spacial score (nSPS) is 11.2. The lowest BCUT2D eigenvalue weighted by Crippen LogP contribution is -2.06. The number of para-hydroxylation sites is 2. The van der Waals surface area contributed by atoms with Gasteiger partial charge in [0.1, 0.15) is 0 Å². The van der Waals surface area contributed by atoms with Crippen molar-refractivity contribution in [2.45, 2.75) is 6.42 Å². The number of benzene rings is 10. The maximum Gasteiger partial charge on any atom is 0.277 e. The average molecular weight is 1280 g/mol. The van der Waals surface area contributed by atoms with Crippen molar-refractivity contribution in [2.75, 3.05) is 0 Å². The minimum absolute atomic E-state index is 0.0121. The van der Waals surface area contributed by atoms with Gasteiger partial charge in [0.05, 0.1) is 37.7 Å². The summed E-state index contributed by atoms with van der Waals surface area (Å²) in [7, 11) is 0. The molecule has 15 nitrogen and oxygen atoms in total. The molecule has 1 aliphatic rings. The second kappa shape index (κ2) is 28.0. The van der Waals surface area contributed by atoms with Crippen LogP contribution in [0.1, 0.15) is 11.3 Å². The summed E-state index contributed by atoms with van der Waals surface area (Å²) >= 11 is 6.30. The molecule has 10 aromatic carbocycles. The van der Waals surface area contributed by atoms with Crippen LogP contribution >= 0.6 is 11.6 Å². The Kier molecular flexibility index (Phi) is 17.7. The van der Waals surface area contributed by atoms with Gasteiger partial charge in [0.25, 0.3) is 11.4 Å². The van der Waals surface area contributed by atoms with E-state index in [0.717, 1.165) is 90.0 Å². The molecule has 0 spiro atoms. The van der Waals surface area contributed by atoms with Crippen molar-refractivity contribution < 1.29 is 9.85 Å². The second-order valence-electron chi connectivity index (χ2n) is 22.6. The van der Waals surface area contributed by atoms with Crippen molar-refractivity contribution >= 4 is 40.1 Å². The third kappa shape index (κ3) is 13.8. The molecule has 0 bridgehead atoms. The number of allylic oxidation sites excluding steroid dienone is 1. The van der Waals surface area contributed by atoms with Gasteiger partial charge in [-0.15, -0.1) is 0 Å². The Morgan fingerprint density at radius 3 is 1.13 bits per heavy atom. The maximum atomic E-state index is 11.8. The highest BCUT2D eigenvalue weighted by Crippen LogP contribution is 2.36. The number of nitro benzene ring substituents is 2. The second-order valence-corrected chi connectivity index (χ2v) is 22.9. The van der Waals surface area contributed by atoms with Gasteiger partial charge in [-0.1, -0.05) is 224 Å². The fourth-order valence-corrected chi connectivity index (χ4v) is 11.7. The van der Waals surface area contributed by atoms with Crippen LogP contribution in [0.5, 0.6) is 0 Å². The topological polar surface area (TPSA) is 194 Å². The van der Waals surface area contributed by atoms with Crippen LogP contribution in [-0.2, 0) is 6.42 Å². The molecule has 0 saturated carbocycles. The van der Waals surface area contributed by atoms with Gasteiger partial charge in [0, 0.05) is 64.1 Å². The number of rotatable bonds is 13. The highest BCUT2D eigenvalue weighted by Gasteiger charge is 2.21. The molecule has 15 aromatic rings. The lowest BCUT2D eigenvalue weighted by molar-refractivity contribution is -0.384. The SMILES string of the molecule is Clc1nc(-c2cccc(-c3ccccc3)c2)nc(-c2cccc(-c3ccccc3)c2)n1.O=[N+]([O-])c1ccccc1-c1cnc2c(c1)CC=C2.O=[N+]([O-])c1ccccc1-c1cnc2ccn(-c3nc(-c4cccc(-c5ccccc5)c4)nc(-c4cccc(-c5ccccc5)c4)n3)c2c1. The third-order valence-electron chi connectivity index (χ3n) is 16.3. The molecule has 0 atom stereocenters. The van der Waals surface area contributed by atoms with Crippen LogP contribution in [0.3, 0.4) is 0 Å². The average Bonchev–Trinajstić information content (AvgIpc) is 1.74. The highest BCUT2D eigenvalue weighted by molar-refractivity contribution is 6.28. The molecule has 0 unspecified atom stereocenters. The zero-order valence-corrected chi connectivity index (χ0v) is 52.4. The predicted octanol–water partition coefficient (Wildman–Crippen LogP) is 19.9. The van der Waals surface area contributed by atoms with Crippen LogP contribution in [-0.4, -0.2) is 54.3 Å². The zero-order chi connectivity index (χ0) is 66.0. The summed E-state index contributed by atoms with van der Waals surface area (Å²) in [5.41, 5.74) is 18.4. The van der Waals surface area contributed by atoms with E-state index < -0.39 is 0 Å². The number of fused-ring (bicyclic) bond motifs is 2. The van der Waals surface area contributed by atoms with Crippen LogP contribution in [0.15, 0.2) is 310 Å². The van der Waals surface area contributed by atoms with Crippen molar-refractivity contribution in [3.05, 3.63) is 347 Å². The Morgan fingerprint density at radius 1 is 0.351 bits per heavy atom. The molecule has 0 amide bonds. The number of hydrogen-bond donors (Lipinski definition) is 0. The number of nitro groups is 2. The van der Waals surface area contributed by atoms with E-state index in [0.29, 0.717) is 57.0 Å². The lowest BCUT2D eigenvalue weighted by Gasteiger charge is -2.12. The zero-order valence-electron chi connectivity index (χ0n) is 51.7. The lowest BCUT2D eigenvalue weighted by atomic mass is 10.0. The molecule has 0 saturated heterocycles. The molecular formula is C81H54ClN11O4. The van der Waals surface area contributed by atoms with Gasteiger partial charge >= 0.3 is 0 Å². The molecule has 0 fully saturated rings. The number of hydrogen-bond acceptors (Lipinski definition) is 12. The van der Waals surface area contributed by atoms with Gasteiger partial charge < -0.3 is 0 Å². The summed E-state index contributed by atoms with van der Waals surface area (Å²) in [4.78, 5) is 59.6. The predicted molar refractivity (Wildman–Crippen MR) is 384 cm³/mol. The summed E-state index contributed by atoms with van der Waals surface area (Å²) in [6.45, 7) is 0. The molecule has 5 aromatic heterocycles.